The van der Waals surface area contributed by atoms with Gasteiger partial charge in [0.05, 0.1) is 34.3 Å². The van der Waals surface area contributed by atoms with E-state index in [4.69, 9.17) is 0 Å². The average Bonchev–Trinajstić information content (AvgIpc) is 3.50. The van der Waals surface area contributed by atoms with E-state index in [1.165, 1.54) is 22.6 Å². The Kier molecular flexibility index (Phi) is 8.45. The lowest BCUT2D eigenvalue weighted by Gasteiger charge is -2.33. The van der Waals surface area contributed by atoms with E-state index < -0.39 is 30.0 Å². The van der Waals surface area contributed by atoms with Crippen LogP contribution in [0.1, 0.15) is 42.0 Å². The summed E-state index contributed by atoms with van der Waals surface area (Å²) in [5, 5.41) is 10.9. The zero-order valence-corrected chi connectivity index (χ0v) is 23.5. The van der Waals surface area contributed by atoms with Gasteiger partial charge >= 0.3 is 18.4 Å². The van der Waals surface area contributed by atoms with Gasteiger partial charge in [-0.1, -0.05) is 12.1 Å². The molecule has 15 heteroatoms. The van der Waals surface area contributed by atoms with Crippen molar-refractivity contribution in [3.8, 4) is 0 Å². The highest BCUT2D eigenvalue weighted by Gasteiger charge is 2.38. The molecule has 3 heterocycles. The minimum atomic E-state index is -4.98. The summed E-state index contributed by atoms with van der Waals surface area (Å²) in [5.74, 6) is -0.389. The maximum Gasteiger partial charge on any atom is 0.416 e. The van der Waals surface area contributed by atoms with Crippen molar-refractivity contribution in [3.63, 3.8) is 0 Å². The summed E-state index contributed by atoms with van der Waals surface area (Å²) < 4.78 is 81.2. The number of piperidine rings is 1. The molecule has 3 amide bonds. The number of hydrogen-bond acceptors (Lipinski definition) is 5. The van der Waals surface area contributed by atoms with Crippen LogP contribution >= 0.6 is 11.8 Å². The second-order valence-corrected chi connectivity index (χ2v) is 11.1. The topological polar surface area (TPSA) is 91.6 Å². The molecule has 2 aromatic carbocycles. The monoisotopic (exact) mass is 624 g/mol. The molecule has 0 saturated carbocycles. The molecule has 0 aliphatic carbocycles. The third-order valence-electron chi connectivity index (χ3n) is 7.07. The largest absolute Gasteiger partial charge is 0.416 e. The minimum Gasteiger partial charge on any atom is -0.351 e. The van der Waals surface area contributed by atoms with Crippen LogP contribution < -0.4 is 10.6 Å². The Morgan fingerprint density at radius 2 is 1.81 bits per heavy atom. The number of aliphatic imine (C=N–C) groups is 1. The first kappa shape index (κ1) is 30.4. The fourth-order valence-electron chi connectivity index (χ4n) is 4.93. The van der Waals surface area contributed by atoms with E-state index in [9.17, 15) is 35.9 Å². The zero-order valence-electron chi connectivity index (χ0n) is 22.7. The molecule has 1 saturated heterocycles. The van der Waals surface area contributed by atoms with Gasteiger partial charge in [0.1, 0.15) is 0 Å². The number of rotatable bonds is 5. The second kappa shape index (κ2) is 11.9. The highest BCUT2D eigenvalue weighted by atomic mass is 32.2. The molecule has 2 aliphatic heterocycles. The van der Waals surface area contributed by atoms with Crippen LogP contribution in [0.5, 0.6) is 0 Å². The number of benzene rings is 2. The molecular formula is C28H26F6N6O2S. The van der Waals surface area contributed by atoms with Crippen molar-refractivity contribution < 1.29 is 35.9 Å². The van der Waals surface area contributed by atoms with Gasteiger partial charge in [-0.05, 0) is 73.0 Å². The van der Waals surface area contributed by atoms with Gasteiger partial charge in [0.15, 0.2) is 5.17 Å². The van der Waals surface area contributed by atoms with Crippen molar-refractivity contribution in [1.82, 2.24) is 25.3 Å². The molecule has 0 atom stereocenters. The number of aromatic nitrogens is 2. The number of carbonyl (C=O) groups excluding carboxylic acids is 2. The lowest BCUT2D eigenvalue weighted by atomic mass is 10.0. The number of halogens is 6. The molecule has 43 heavy (non-hydrogen) atoms. The van der Waals surface area contributed by atoms with E-state index in [0.29, 0.717) is 65.1 Å². The molecule has 1 fully saturated rings. The van der Waals surface area contributed by atoms with Gasteiger partial charge in [-0.25, -0.2) is 4.79 Å². The fourth-order valence-corrected chi connectivity index (χ4v) is 5.90. The highest BCUT2D eigenvalue weighted by molar-refractivity contribution is 8.18. The highest BCUT2D eigenvalue weighted by Crippen LogP contribution is 2.38. The van der Waals surface area contributed by atoms with E-state index in [1.807, 2.05) is 11.8 Å². The normalized spacial score (nSPS) is 17.6. The number of hydrogen-bond donors (Lipinski definition) is 2. The third-order valence-corrected chi connectivity index (χ3v) is 8.12. The Hall–Kier alpha value is -4.01. The summed E-state index contributed by atoms with van der Waals surface area (Å²) in [7, 11) is 0. The maximum absolute atomic E-state index is 13.6. The van der Waals surface area contributed by atoms with E-state index in [0.717, 1.165) is 6.07 Å². The minimum absolute atomic E-state index is 0.0347. The fraction of sp³-hybridized carbons (Fsp3) is 0.357. The number of urea groups is 1. The van der Waals surface area contributed by atoms with Crippen molar-refractivity contribution in [3.05, 3.63) is 69.8 Å². The van der Waals surface area contributed by atoms with Gasteiger partial charge in [0, 0.05) is 31.1 Å². The van der Waals surface area contributed by atoms with Crippen LogP contribution in [0.3, 0.4) is 0 Å². The molecule has 0 spiro atoms. The number of nitrogens with one attached hydrogen (secondary N) is 2. The Labute approximate surface area is 246 Å². The molecule has 0 unspecified atom stereocenters. The lowest BCUT2D eigenvalue weighted by molar-refractivity contribution is -0.143. The van der Waals surface area contributed by atoms with Crippen LogP contribution in [0.15, 0.2) is 52.5 Å². The average molecular weight is 625 g/mol. The summed E-state index contributed by atoms with van der Waals surface area (Å²) in [6.07, 6.45) is -5.36. The molecule has 228 valence electrons. The first-order chi connectivity index (χ1) is 20.3. The zero-order chi connectivity index (χ0) is 30.9. The van der Waals surface area contributed by atoms with Crippen molar-refractivity contribution in [2.24, 2.45) is 4.99 Å². The molecule has 2 aliphatic rings. The van der Waals surface area contributed by atoms with Crippen molar-refractivity contribution in [2.75, 3.05) is 19.6 Å². The first-order valence-electron chi connectivity index (χ1n) is 13.4. The Balaban J connectivity index is 1.27. The summed E-state index contributed by atoms with van der Waals surface area (Å²) in [6.45, 7) is 3.25. The van der Waals surface area contributed by atoms with Crippen LogP contribution in [0.2, 0.25) is 0 Å². The number of amides is 3. The summed E-state index contributed by atoms with van der Waals surface area (Å²) in [4.78, 5) is 31.0. The van der Waals surface area contributed by atoms with Crippen LogP contribution in [0, 0.1) is 0 Å². The van der Waals surface area contributed by atoms with Crippen LogP contribution in [0.4, 0.5) is 31.1 Å². The number of likely N-dealkylation sites (tertiary alicyclic amines) is 1. The molecule has 8 nitrogen and oxygen atoms in total. The Morgan fingerprint density at radius 1 is 1.07 bits per heavy atom. The molecule has 0 bridgehead atoms. The number of thioether (sulfide) groups is 1. The molecule has 1 aromatic heterocycles. The smallest absolute Gasteiger partial charge is 0.351 e. The van der Waals surface area contributed by atoms with Gasteiger partial charge in [-0.15, -0.1) is 0 Å². The Bertz CT molecular complexity index is 1610. The van der Waals surface area contributed by atoms with Crippen molar-refractivity contribution >= 4 is 45.8 Å². The molecule has 0 radical (unpaired) electrons. The van der Waals surface area contributed by atoms with E-state index >= 15 is 0 Å². The molecule has 2 N–H and O–H groups in total. The van der Waals surface area contributed by atoms with E-state index in [2.05, 4.69) is 20.7 Å². The Morgan fingerprint density at radius 3 is 2.49 bits per heavy atom. The van der Waals surface area contributed by atoms with E-state index in [-0.39, 0.29) is 29.6 Å². The van der Waals surface area contributed by atoms with Gasteiger partial charge < -0.3 is 15.5 Å². The number of amidine groups is 1. The number of carbonyl (C=O) groups is 2. The van der Waals surface area contributed by atoms with Crippen LogP contribution in [-0.2, 0) is 23.7 Å². The van der Waals surface area contributed by atoms with E-state index in [1.54, 1.807) is 24.3 Å². The molecule has 3 aromatic rings. The van der Waals surface area contributed by atoms with Gasteiger partial charge in [-0.3, -0.25) is 9.48 Å². The number of alkyl halides is 6. The third kappa shape index (κ3) is 6.98. The summed E-state index contributed by atoms with van der Waals surface area (Å²) in [5.41, 5.74) is -1.98. The predicted octanol–water partition coefficient (Wildman–Crippen LogP) is 5.88. The summed E-state index contributed by atoms with van der Waals surface area (Å²) in [6, 6.07) is 6.41. The lowest BCUT2D eigenvalue weighted by Crippen LogP contribution is -2.48. The molecule has 5 rings (SSSR count). The number of fused-ring (bicyclic) bond motifs is 1. The predicted molar refractivity (Wildman–Crippen MR) is 150 cm³/mol. The van der Waals surface area contributed by atoms with Crippen molar-refractivity contribution in [1.29, 1.82) is 0 Å². The summed E-state index contributed by atoms with van der Waals surface area (Å²) >= 11 is 1.24. The SMILES string of the molecule is CCNC(=O)NC1CCN(C2=NC(=O)C(=Cc3ccc4c(cnn4Cc4ccc(C(F)(F)F)cc4C(F)(F)F)c3)S2)CC1. The second-order valence-electron chi connectivity index (χ2n) is 10.1. The van der Waals surface area contributed by atoms with Crippen molar-refractivity contribution in [2.45, 2.75) is 44.7 Å². The van der Waals surface area contributed by atoms with Crippen LogP contribution in [-0.4, -0.2) is 57.5 Å². The number of nitrogens with zero attached hydrogens (tertiary/aromatic N) is 4. The van der Waals surface area contributed by atoms with Gasteiger partial charge in [0.2, 0.25) is 0 Å². The first-order valence-corrected chi connectivity index (χ1v) is 14.2. The molecular weight excluding hydrogens is 598 g/mol. The van der Waals surface area contributed by atoms with Gasteiger partial charge in [0.25, 0.3) is 5.91 Å². The van der Waals surface area contributed by atoms with Crippen LogP contribution in [0.25, 0.3) is 17.0 Å². The standard InChI is InChI=1S/C28H26F6N6O2S/c1-2-35-25(42)37-20-7-9-39(10-8-20)26-38-24(41)23(43-26)12-16-3-6-22-18(11-16)14-36-40(22)15-17-4-5-19(27(29,30)31)13-21(17)28(32,33)34/h3-6,11-14,20H,2,7-10,15H2,1H3,(H2,35,37,42). The maximum atomic E-state index is 13.6. The quantitative estimate of drug-likeness (QED) is 0.274. The van der Waals surface area contributed by atoms with Gasteiger partial charge in [-0.2, -0.15) is 36.4 Å².